The molecule has 1 saturated carbocycles. The molecule has 0 N–H and O–H groups in total. The highest BCUT2D eigenvalue weighted by Gasteiger charge is 2.55. The predicted molar refractivity (Wildman–Crippen MR) is 82.9 cm³/mol. The van der Waals surface area contributed by atoms with Gasteiger partial charge >= 0.3 is 0 Å². The number of likely N-dealkylation sites (tertiary alicyclic amines) is 1. The lowest BCUT2D eigenvalue weighted by Gasteiger charge is -2.17. The number of hydrogen-bond donors (Lipinski definition) is 0. The minimum Gasteiger partial charge on any atom is -0.441 e. The zero-order chi connectivity index (χ0) is 14.6. The molecule has 2 fully saturated rings. The lowest BCUT2D eigenvalue weighted by Crippen LogP contribution is -2.24. The summed E-state index contributed by atoms with van der Waals surface area (Å²) in [5, 5.41) is 0. The number of piperidine rings is 1. The fourth-order valence-electron chi connectivity index (χ4n) is 3.68. The molecular formula is C18H22N2O. The van der Waals surface area contributed by atoms with E-state index in [-0.39, 0.29) is 0 Å². The first-order chi connectivity index (χ1) is 10.0. The molecule has 0 bridgehead atoms. The molecular weight excluding hydrogens is 260 g/mol. The van der Waals surface area contributed by atoms with E-state index in [0.717, 1.165) is 35.4 Å². The third kappa shape index (κ3) is 2.30. The SMILES string of the molecule is Cc1cccc(-c2nc(CN3CC4CC4(C)C3)c(C)o2)c1. The number of nitrogens with zero attached hydrogens (tertiary/aromatic N) is 2. The van der Waals surface area contributed by atoms with Gasteiger partial charge in [-0.15, -0.1) is 0 Å². The van der Waals surface area contributed by atoms with Gasteiger partial charge in [0.15, 0.2) is 0 Å². The topological polar surface area (TPSA) is 29.3 Å². The van der Waals surface area contributed by atoms with E-state index >= 15 is 0 Å². The minimum absolute atomic E-state index is 0.594. The summed E-state index contributed by atoms with van der Waals surface area (Å²) in [6, 6.07) is 8.34. The van der Waals surface area contributed by atoms with Crippen molar-refractivity contribution in [2.75, 3.05) is 13.1 Å². The number of aromatic nitrogens is 1. The quantitative estimate of drug-likeness (QED) is 0.857. The largest absolute Gasteiger partial charge is 0.441 e. The molecule has 0 amide bonds. The van der Waals surface area contributed by atoms with Crippen molar-refractivity contribution in [2.24, 2.45) is 11.3 Å². The number of hydrogen-bond acceptors (Lipinski definition) is 3. The first kappa shape index (κ1) is 13.1. The van der Waals surface area contributed by atoms with Crippen LogP contribution in [-0.2, 0) is 6.54 Å². The third-order valence-corrected chi connectivity index (χ3v) is 5.13. The second-order valence-electron chi connectivity index (χ2n) is 7.12. The molecule has 2 aromatic rings. The van der Waals surface area contributed by atoms with Crippen LogP contribution >= 0.6 is 0 Å². The summed E-state index contributed by atoms with van der Waals surface area (Å²) in [6.07, 6.45) is 1.41. The second-order valence-corrected chi connectivity index (χ2v) is 7.12. The number of rotatable bonds is 3. The standard InChI is InChI=1S/C18H22N2O/c1-12-5-4-6-14(7-12)17-19-16(13(2)21-17)10-20-9-15-8-18(15,3)11-20/h4-7,15H,8-11H2,1-3H3. The highest BCUT2D eigenvalue weighted by molar-refractivity contribution is 5.54. The molecule has 1 aromatic heterocycles. The minimum atomic E-state index is 0.594. The molecule has 1 aliphatic heterocycles. The van der Waals surface area contributed by atoms with Crippen LogP contribution in [0.5, 0.6) is 0 Å². The van der Waals surface area contributed by atoms with Gasteiger partial charge in [0.2, 0.25) is 5.89 Å². The Kier molecular flexibility index (Phi) is 2.77. The molecule has 0 radical (unpaired) electrons. The van der Waals surface area contributed by atoms with Crippen LogP contribution in [-0.4, -0.2) is 23.0 Å². The van der Waals surface area contributed by atoms with Crippen molar-refractivity contribution in [3.8, 4) is 11.5 Å². The first-order valence-electron chi connectivity index (χ1n) is 7.79. The van der Waals surface area contributed by atoms with Gasteiger partial charge in [-0.2, -0.15) is 0 Å². The third-order valence-electron chi connectivity index (χ3n) is 5.13. The van der Waals surface area contributed by atoms with Gasteiger partial charge < -0.3 is 4.42 Å². The average Bonchev–Trinajstić information content (AvgIpc) is 2.77. The van der Waals surface area contributed by atoms with Crippen LogP contribution in [0.25, 0.3) is 11.5 Å². The lowest BCUT2D eigenvalue weighted by atomic mass is 10.1. The Bertz CT molecular complexity index is 690. The smallest absolute Gasteiger partial charge is 0.226 e. The maximum atomic E-state index is 5.89. The summed E-state index contributed by atoms with van der Waals surface area (Å²) in [4.78, 5) is 7.27. The Morgan fingerprint density at radius 3 is 2.95 bits per heavy atom. The molecule has 1 saturated heterocycles. The van der Waals surface area contributed by atoms with E-state index in [1.165, 1.54) is 25.1 Å². The van der Waals surface area contributed by atoms with E-state index < -0.39 is 0 Å². The summed E-state index contributed by atoms with van der Waals surface area (Å²) in [6.45, 7) is 9.89. The molecule has 2 aliphatic rings. The highest BCUT2D eigenvalue weighted by Crippen LogP contribution is 2.57. The normalized spacial score (nSPS) is 27.9. The molecule has 1 aliphatic carbocycles. The molecule has 4 rings (SSSR count). The van der Waals surface area contributed by atoms with Gasteiger partial charge in [0.05, 0.1) is 5.69 Å². The number of oxazole rings is 1. The van der Waals surface area contributed by atoms with E-state index in [9.17, 15) is 0 Å². The molecule has 110 valence electrons. The zero-order valence-electron chi connectivity index (χ0n) is 13.0. The maximum Gasteiger partial charge on any atom is 0.226 e. The molecule has 1 aromatic carbocycles. The number of benzene rings is 1. The van der Waals surface area contributed by atoms with E-state index in [1.807, 2.05) is 6.92 Å². The van der Waals surface area contributed by atoms with Crippen molar-refractivity contribution >= 4 is 0 Å². The van der Waals surface area contributed by atoms with Crippen molar-refractivity contribution in [1.29, 1.82) is 0 Å². The fourth-order valence-corrected chi connectivity index (χ4v) is 3.68. The van der Waals surface area contributed by atoms with Gasteiger partial charge in [-0.05, 0) is 43.7 Å². The molecule has 2 heterocycles. The zero-order valence-corrected chi connectivity index (χ0v) is 13.0. The molecule has 0 spiro atoms. The Morgan fingerprint density at radius 1 is 1.38 bits per heavy atom. The molecule has 2 unspecified atom stereocenters. The van der Waals surface area contributed by atoms with Gasteiger partial charge in [-0.1, -0.05) is 24.6 Å². The maximum absolute atomic E-state index is 5.89. The van der Waals surface area contributed by atoms with Gasteiger partial charge in [-0.25, -0.2) is 4.98 Å². The summed E-state index contributed by atoms with van der Waals surface area (Å²) in [5.74, 6) is 2.62. The molecule has 3 nitrogen and oxygen atoms in total. The van der Waals surface area contributed by atoms with Crippen LogP contribution in [0.3, 0.4) is 0 Å². The van der Waals surface area contributed by atoms with Gasteiger partial charge in [-0.3, -0.25) is 4.90 Å². The highest BCUT2D eigenvalue weighted by atomic mass is 16.4. The Morgan fingerprint density at radius 2 is 2.24 bits per heavy atom. The van der Waals surface area contributed by atoms with Crippen LogP contribution < -0.4 is 0 Å². The fraction of sp³-hybridized carbons (Fsp3) is 0.500. The Balaban J connectivity index is 1.54. The predicted octanol–water partition coefficient (Wildman–Crippen LogP) is 3.80. The Labute approximate surface area is 126 Å². The van der Waals surface area contributed by atoms with Crippen molar-refractivity contribution in [2.45, 2.75) is 33.7 Å². The van der Waals surface area contributed by atoms with E-state index in [0.29, 0.717) is 5.41 Å². The van der Waals surface area contributed by atoms with E-state index in [2.05, 4.69) is 43.0 Å². The molecule has 2 atom stereocenters. The number of fused-ring (bicyclic) bond motifs is 1. The van der Waals surface area contributed by atoms with Crippen LogP contribution in [0.2, 0.25) is 0 Å². The Hall–Kier alpha value is -1.61. The average molecular weight is 282 g/mol. The number of aryl methyl sites for hydroxylation is 2. The van der Waals surface area contributed by atoms with Crippen LogP contribution in [0.15, 0.2) is 28.7 Å². The van der Waals surface area contributed by atoms with Crippen molar-refractivity contribution < 1.29 is 4.42 Å². The summed E-state index contributed by atoms with van der Waals surface area (Å²) >= 11 is 0. The molecule has 3 heteroatoms. The summed E-state index contributed by atoms with van der Waals surface area (Å²) in [5.41, 5.74) is 3.99. The van der Waals surface area contributed by atoms with Crippen molar-refractivity contribution in [3.63, 3.8) is 0 Å². The van der Waals surface area contributed by atoms with Gasteiger partial charge in [0.1, 0.15) is 5.76 Å². The van der Waals surface area contributed by atoms with Gasteiger partial charge in [0.25, 0.3) is 0 Å². The van der Waals surface area contributed by atoms with E-state index in [4.69, 9.17) is 9.40 Å². The molecule has 21 heavy (non-hydrogen) atoms. The monoisotopic (exact) mass is 282 g/mol. The van der Waals surface area contributed by atoms with Crippen LogP contribution in [0.4, 0.5) is 0 Å². The van der Waals surface area contributed by atoms with Crippen molar-refractivity contribution in [1.82, 2.24) is 9.88 Å². The lowest BCUT2D eigenvalue weighted by molar-refractivity contribution is 0.274. The summed E-state index contributed by atoms with van der Waals surface area (Å²) in [7, 11) is 0. The van der Waals surface area contributed by atoms with E-state index in [1.54, 1.807) is 0 Å². The summed E-state index contributed by atoms with van der Waals surface area (Å²) < 4.78 is 5.89. The first-order valence-corrected chi connectivity index (χ1v) is 7.79. The second kappa shape index (κ2) is 4.44. The van der Waals surface area contributed by atoms with Crippen LogP contribution in [0, 0.1) is 25.2 Å². The van der Waals surface area contributed by atoms with Gasteiger partial charge in [0, 0.05) is 25.2 Å². The van der Waals surface area contributed by atoms with Crippen LogP contribution in [0.1, 0.15) is 30.4 Å². The van der Waals surface area contributed by atoms with Crippen molar-refractivity contribution in [3.05, 3.63) is 41.3 Å².